The second-order valence-electron chi connectivity index (χ2n) is 5.20. The standard InChI is InChI=1S/C16H23NO2/c1-2-13-8-6-7-11-15(13)19-16(18)12-17-14-9-4-3-5-10-14/h3-5,9-10,13,15,17H,2,6-8,11-12H2,1H3. The number of anilines is 1. The lowest BCUT2D eigenvalue weighted by atomic mass is 9.85. The maximum absolute atomic E-state index is 11.9. The Balaban J connectivity index is 1.77. The first-order valence-electron chi connectivity index (χ1n) is 7.28. The first-order chi connectivity index (χ1) is 9.29. The zero-order valence-corrected chi connectivity index (χ0v) is 11.6. The molecule has 2 unspecified atom stereocenters. The second-order valence-corrected chi connectivity index (χ2v) is 5.20. The Morgan fingerprint density at radius 3 is 2.74 bits per heavy atom. The number of esters is 1. The fourth-order valence-corrected chi connectivity index (χ4v) is 2.74. The summed E-state index contributed by atoms with van der Waals surface area (Å²) in [6, 6.07) is 9.74. The largest absolute Gasteiger partial charge is 0.461 e. The highest BCUT2D eigenvalue weighted by molar-refractivity contribution is 5.75. The van der Waals surface area contributed by atoms with E-state index in [1.807, 2.05) is 30.3 Å². The van der Waals surface area contributed by atoms with Crippen molar-refractivity contribution in [1.82, 2.24) is 0 Å². The lowest BCUT2D eigenvalue weighted by molar-refractivity contribution is -0.151. The predicted octanol–water partition coefficient (Wildman–Crippen LogP) is 3.61. The topological polar surface area (TPSA) is 38.3 Å². The average Bonchev–Trinajstić information content (AvgIpc) is 2.47. The molecule has 0 amide bonds. The van der Waals surface area contributed by atoms with Crippen molar-refractivity contribution in [3.8, 4) is 0 Å². The maximum Gasteiger partial charge on any atom is 0.325 e. The van der Waals surface area contributed by atoms with Gasteiger partial charge in [-0.3, -0.25) is 4.79 Å². The number of benzene rings is 1. The van der Waals surface area contributed by atoms with Gasteiger partial charge in [-0.15, -0.1) is 0 Å². The van der Waals surface area contributed by atoms with E-state index in [1.165, 1.54) is 19.3 Å². The summed E-state index contributed by atoms with van der Waals surface area (Å²) in [5.74, 6) is 0.406. The minimum absolute atomic E-state index is 0.129. The average molecular weight is 261 g/mol. The molecular weight excluding hydrogens is 238 g/mol. The summed E-state index contributed by atoms with van der Waals surface area (Å²) in [7, 11) is 0. The van der Waals surface area contributed by atoms with Gasteiger partial charge in [0.2, 0.25) is 0 Å². The molecule has 0 saturated heterocycles. The summed E-state index contributed by atoms with van der Waals surface area (Å²) in [6.07, 6.45) is 5.90. The molecule has 2 atom stereocenters. The minimum Gasteiger partial charge on any atom is -0.461 e. The highest BCUT2D eigenvalue weighted by Crippen LogP contribution is 2.29. The highest BCUT2D eigenvalue weighted by atomic mass is 16.5. The molecule has 0 spiro atoms. The van der Waals surface area contributed by atoms with Gasteiger partial charge in [0.25, 0.3) is 0 Å². The van der Waals surface area contributed by atoms with Crippen LogP contribution in [0.2, 0.25) is 0 Å². The third-order valence-corrected chi connectivity index (χ3v) is 3.86. The first kappa shape index (κ1) is 13.9. The molecule has 1 aliphatic rings. The molecule has 3 heteroatoms. The number of ether oxygens (including phenoxy) is 1. The molecule has 1 N–H and O–H groups in total. The number of hydrogen-bond donors (Lipinski definition) is 1. The van der Waals surface area contributed by atoms with Crippen molar-refractivity contribution in [3.05, 3.63) is 30.3 Å². The Labute approximate surface area is 115 Å². The van der Waals surface area contributed by atoms with E-state index in [0.717, 1.165) is 18.5 Å². The van der Waals surface area contributed by atoms with E-state index in [1.54, 1.807) is 0 Å². The van der Waals surface area contributed by atoms with Gasteiger partial charge in [0.1, 0.15) is 12.6 Å². The second kappa shape index (κ2) is 7.17. The van der Waals surface area contributed by atoms with Gasteiger partial charge in [-0.1, -0.05) is 31.5 Å². The van der Waals surface area contributed by atoms with Gasteiger partial charge in [-0.25, -0.2) is 0 Å². The Hall–Kier alpha value is -1.51. The molecule has 0 radical (unpaired) electrons. The molecular formula is C16H23NO2. The van der Waals surface area contributed by atoms with Crippen LogP contribution in [0.15, 0.2) is 30.3 Å². The number of rotatable bonds is 5. The van der Waals surface area contributed by atoms with E-state index >= 15 is 0 Å². The zero-order chi connectivity index (χ0) is 13.5. The zero-order valence-electron chi connectivity index (χ0n) is 11.6. The molecule has 104 valence electrons. The van der Waals surface area contributed by atoms with E-state index in [9.17, 15) is 4.79 Å². The van der Waals surface area contributed by atoms with Crippen molar-refractivity contribution < 1.29 is 9.53 Å². The fourth-order valence-electron chi connectivity index (χ4n) is 2.74. The van der Waals surface area contributed by atoms with Gasteiger partial charge in [-0.2, -0.15) is 0 Å². The van der Waals surface area contributed by atoms with Gasteiger partial charge in [0.05, 0.1) is 0 Å². The van der Waals surface area contributed by atoms with Gasteiger partial charge in [0.15, 0.2) is 0 Å². The van der Waals surface area contributed by atoms with E-state index in [2.05, 4.69) is 12.2 Å². The normalized spacial score (nSPS) is 22.8. The predicted molar refractivity (Wildman–Crippen MR) is 77.1 cm³/mol. The number of para-hydroxylation sites is 1. The number of nitrogens with one attached hydrogen (secondary N) is 1. The number of hydrogen-bond acceptors (Lipinski definition) is 3. The van der Waals surface area contributed by atoms with E-state index < -0.39 is 0 Å². The van der Waals surface area contributed by atoms with Gasteiger partial charge in [0, 0.05) is 5.69 Å². The van der Waals surface area contributed by atoms with Crippen molar-refractivity contribution in [2.45, 2.75) is 45.1 Å². The van der Waals surface area contributed by atoms with Crippen LogP contribution in [0.4, 0.5) is 5.69 Å². The van der Waals surface area contributed by atoms with Crippen molar-refractivity contribution in [2.24, 2.45) is 5.92 Å². The van der Waals surface area contributed by atoms with Crippen LogP contribution < -0.4 is 5.32 Å². The molecule has 1 saturated carbocycles. The van der Waals surface area contributed by atoms with Crippen molar-refractivity contribution >= 4 is 11.7 Å². The van der Waals surface area contributed by atoms with E-state index in [0.29, 0.717) is 5.92 Å². The molecule has 1 fully saturated rings. The molecule has 2 rings (SSSR count). The first-order valence-corrected chi connectivity index (χ1v) is 7.28. The van der Waals surface area contributed by atoms with Gasteiger partial charge < -0.3 is 10.1 Å². The summed E-state index contributed by atoms with van der Waals surface area (Å²) in [4.78, 5) is 11.9. The van der Waals surface area contributed by atoms with Crippen molar-refractivity contribution in [3.63, 3.8) is 0 Å². The van der Waals surface area contributed by atoms with E-state index in [4.69, 9.17) is 4.74 Å². The lowest BCUT2D eigenvalue weighted by Crippen LogP contribution is -2.31. The summed E-state index contributed by atoms with van der Waals surface area (Å²) in [6.45, 7) is 2.43. The molecule has 0 heterocycles. The molecule has 1 aromatic rings. The maximum atomic E-state index is 11.9. The van der Waals surface area contributed by atoms with Crippen LogP contribution in [0.25, 0.3) is 0 Å². The third kappa shape index (κ3) is 4.27. The van der Waals surface area contributed by atoms with Crippen LogP contribution in [-0.4, -0.2) is 18.6 Å². The van der Waals surface area contributed by atoms with Crippen LogP contribution in [0, 0.1) is 5.92 Å². The Morgan fingerprint density at radius 1 is 1.26 bits per heavy atom. The molecule has 3 nitrogen and oxygen atoms in total. The quantitative estimate of drug-likeness (QED) is 0.823. The smallest absolute Gasteiger partial charge is 0.325 e. The summed E-state index contributed by atoms with van der Waals surface area (Å²) in [5.41, 5.74) is 0.954. The molecule has 1 aliphatic carbocycles. The minimum atomic E-state index is -0.144. The van der Waals surface area contributed by atoms with Crippen LogP contribution in [-0.2, 0) is 9.53 Å². The van der Waals surface area contributed by atoms with Crippen LogP contribution in [0.3, 0.4) is 0 Å². The summed E-state index contributed by atoms with van der Waals surface area (Å²) >= 11 is 0. The van der Waals surface area contributed by atoms with Crippen molar-refractivity contribution in [1.29, 1.82) is 0 Å². The highest BCUT2D eigenvalue weighted by Gasteiger charge is 2.26. The monoisotopic (exact) mass is 261 g/mol. The molecule has 1 aromatic carbocycles. The fraction of sp³-hybridized carbons (Fsp3) is 0.562. The molecule has 0 aliphatic heterocycles. The molecule has 19 heavy (non-hydrogen) atoms. The van der Waals surface area contributed by atoms with Gasteiger partial charge >= 0.3 is 5.97 Å². The molecule has 0 aromatic heterocycles. The van der Waals surface area contributed by atoms with E-state index in [-0.39, 0.29) is 18.6 Å². The third-order valence-electron chi connectivity index (χ3n) is 3.86. The van der Waals surface area contributed by atoms with Crippen LogP contribution in [0.1, 0.15) is 39.0 Å². The Bertz CT molecular complexity index is 391. The molecule has 0 bridgehead atoms. The lowest BCUT2D eigenvalue weighted by Gasteiger charge is -2.30. The Kier molecular flexibility index (Phi) is 5.25. The Morgan fingerprint density at radius 2 is 2.00 bits per heavy atom. The van der Waals surface area contributed by atoms with Crippen LogP contribution >= 0.6 is 0 Å². The van der Waals surface area contributed by atoms with Gasteiger partial charge in [-0.05, 0) is 43.7 Å². The summed E-state index contributed by atoms with van der Waals surface area (Å²) in [5, 5.41) is 3.09. The van der Waals surface area contributed by atoms with Crippen LogP contribution in [0.5, 0.6) is 0 Å². The number of carbonyl (C=O) groups excluding carboxylic acids is 1. The van der Waals surface area contributed by atoms with Crippen molar-refractivity contribution in [2.75, 3.05) is 11.9 Å². The number of carbonyl (C=O) groups is 1. The summed E-state index contributed by atoms with van der Waals surface area (Å²) < 4.78 is 5.62. The SMILES string of the molecule is CCC1CCCCC1OC(=O)CNc1ccccc1.